The van der Waals surface area contributed by atoms with Crippen LogP contribution in [0.1, 0.15) is 7.43 Å². The quantitative estimate of drug-likeness (QED) is 0.449. The Balaban J connectivity index is -0.000000125. The topological polar surface area (TPSA) is 0 Å². The Hall–Kier alpha value is -0.610. The Kier molecular flexibility index (Phi) is 12.5. The molecule has 0 fully saturated rings. The van der Waals surface area contributed by atoms with E-state index in [2.05, 4.69) is 0 Å². The minimum Gasteiger partial charge on any atom is -0.269 e. The Morgan fingerprint density at radius 2 is 0.875 bits per heavy atom. The van der Waals surface area contributed by atoms with Gasteiger partial charge in [0.15, 0.2) is 0 Å². The second-order valence-electron chi connectivity index (χ2n) is 0.521. The van der Waals surface area contributed by atoms with Crippen molar-refractivity contribution in [3.05, 3.63) is 12.2 Å². The predicted octanol–water partition coefficient (Wildman–Crippen LogP) is 2.78. The van der Waals surface area contributed by atoms with Crippen molar-refractivity contribution in [1.82, 2.24) is 0 Å². The maximum atomic E-state index is 10.3. The normalized spacial score (nSPS) is 6.00. The van der Waals surface area contributed by atoms with Gasteiger partial charge in [0.25, 0.3) is 0 Å². The van der Waals surface area contributed by atoms with Gasteiger partial charge >= 0.3 is 12.2 Å². The first-order valence-corrected chi connectivity index (χ1v) is 1.01. The molecule has 0 aliphatic carbocycles. The van der Waals surface area contributed by atoms with Gasteiger partial charge in [-0.05, 0) is 0 Å². The molecule has 0 unspecified atom stereocenters. The van der Waals surface area contributed by atoms with Gasteiger partial charge in [-0.25, -0.2) is 0 Å². The number of rotatable bonds is 0. The van der Waals surface area contributed by atoms with E-state index in [0.29, 0.717) is 0 Å². The standard InChI is InChI=1S/C2F4.CH4.FH/c3-1(4)2(5)6;;/h;1H4;1H. The van der Waals surface area contributed by atoms with E-state index in [4.69, 9.17) is 0 Å². The van der Waals surface area contributed by atoms with Crippen molar-refractivity contribution in [3.8, 4) is 0 Å². The lowest BCUT2D eigenvalue weighted by Gasteiger charge is -1.69. The summed E-state index contributed by atoms with van der Waals surface area (Å²) < 4.78 is 41.1. The maximum Gasteiger partial charge on any atom is 0.334 e. The monoisotopic (exact) mass is 136 g/mol. The molecule has 0 aliphatic rings. The molecule has 0 spiro atoms. The summed E-state index contributed by atoms with van der Waals surface area (Å²) in [5.41, 5.74) is 0. The molecule has 0 rings (SSSR count). The van der Waals surface area contributed by atoms with Gasteiger partial charge in [0.2, 0.25) is 0 Å². The fourth-order valence-corrected chi connectivity index (χ4v) is 0. The Morgan fingerprint density at radius 1 is 0.750 bits per heavy atom. The zero-order valence-electron chi connectivity index (χ0n) is 2.92. The van der Waals surface area contributed by atoms with E-state index in [9.17, 15) is 17.6 Å². The van der Waals surface area contributed by atoms with Gasteiger partial charge in [-0.15, -0.1) is 0 Å². The molecular weight excluding hydrogens is 131 g/mol. The van der Waals surface area contributed by atoms with Crippen molar-refractivity contribution >= 4 is 0 Å². The molecule has 0 aromatic carbocycles. The van der Waals surface area contributed by atoms with E-state index in [1.54, 1.807) is 0 Å². The highest BCUT2D eigenvalue weighted by Crippen LogP contribution is 2.08. The summed E-state index contributed by atoms with van der Waals surface area (Å²) in [6.45, 7) is 0. The SMILES string of the molecule is C.F.FC(F)=C(F)F. The Labute approximate surface area is 43.2 Å². The summed E-state index contributed by atoms with van der Waals surface area (Å²) in [5.74, 6) is 0. The van der Waals surface area contributed by atoms with Crippen LogP contribution in [-0.2, 0) is 0 Å². The molecule has 8 heavy (non-hydrogen) atoms. The van der Waals surface area contributed by atoms with Crippen molar-refractivity contribution in [3.63, 3.8) is 0 Å². The average molecular weight is 136 g/mol. The molecule has 0 heterocycles. The third kappa shape index (κ3) is 9.04. The Morgan fingerprint density at radius 3 is 0.875 bits per heavy atom. The summed E-state index contributed by atoms with van der Waals surface area (Å²) in [6.07, 6.45) is -5.81. The highest BCUT2D eigenvalue weighted by molar-refractivity contribution is 4.77. The van der Waals surface area contributed by atoms with Gasteiger partial charge in [-0.1, -0.05) is 7.43 Å². The van der Waals surface area contributed by atoms with Crippen LogP contribution in [0.15, 0.2) is 12.2 Å². The van der Waals surface area contributed by atoms with Crippen LogP contribution in [0.4, 0.5) is 22.3 Å². The molecule has 0 nitrogen and oxygen atoms in total. The number of hydrogen-bond acceptors (Lipinski definition) is 0. The zero-order valence-corrected chi connectivity index (χ0v) is 2.92. The molecule has 0 saturated heterocycles. The molecule has 0 aromatic rings. The van der Waals surface area contributed by atoms with Crippen molar-refractivity contribution in [2.75, 3.05) is 0 Å². The second kappa shape index (κ2) is 6.39. The van der Waals surface area contributed by atoms with E-state index in [0.717, 1.165) is 0 Å². The molecule has 0 amide bonds. The molecule has 0 saturated carbocycles. The first-order valence-electron chi connectivity index (χ1n) is 1.01. The van der Waals surface area contributed by atoms with E-state index < -0.39 is 12.2 Å². The summed E-state index contributed by atoms with van der Waals surface area (Å²) in [6, 6.07) is 0. The maximum absolute atomic E-state index is 10.3. The second-order valence-corrected chi connectivity index (χ2v) is 0.521. The molecule has 0 N–H and O–H groups in total. The van der Waals surface area contributed by atoms with Crippen LogP contribution in [0.25, 0.3) is 0 Å². The average Bonchev–Trinajstić information content (AvgIpc) is 1.36. The molecule has 0 aromatic heterocycles. The van der Waals surface area contributed by atoms with E-state index in [1.807, 2.05) is 0 Å². The van der Waals surface area contributed by atoms with Crippen molar-refractivity contribution < 1.29 is 22.3 Å². The van der Waals surface area contributed by atoms with E-state index in [-0.39, 0.29) is 12.1 Å². The van der Waals surface area contributed by atoms with Crippen molar-refractivity contribution in [1.29, 1.82) is 0 Å². The van der Waals surface area contributed by atoms with Crippen LogP contribution in [0.3, 0.4) is 0 Å². The third-order valence-electron chi connectivity index (χ3n) is 0.143. The summed E-state index contributed by atoms with van der Waals surface area (Å²) in [4.78, 5) is 0. The minimum absolute atomic E-state index is 0. The fourth-order valence-electron chi connectivity index (χ4n) is 0. The van der Waals surface area contributed by atoms with Crippen LogP contribution in [0.2, 0.25) is 0 Å². The molecule has 0 aliphatic heterocycles. The molecule has 0 bridgehead atoms. The largest absolute Gasteiger partial charge is 0.334 e. The molecule has 52 valence electrons. The first-order chi connectivity index (χ1) is 2.64. The summed E-state index contributed by atoms with van der Waals surface area (Å²) in [7, 11) is 0. The Bertz CT molecular complexity index is 57.7. The predicted molar refractivity (Wildman–Crippen MR) is 20.7 cm³/mol. The lowest BCUT2D eigenvalue weighted by molar-refractivity contribution is 0.308. The summed E-state index contributed by atoms with van der Waals surface area (Å²) in [5, 5.41) is 0. The lowest BCUT2D eigenvalue weighted by atomic mass is 11.1. The van der Waals surface area contributed by atoms with Crippen molar-refractivity contribution in [2.45, 2.75) is 7.43 Å². The van der Waals surface area contributed by atoms with Crippen LogP contribution in [0.5, 0.6) is 0 Å². The van der Waals surface area contributed by atoms with Gasteiger partial charge < -0.3 is 0 Å². The first kappa shape index (κ1) is 15.7. The molecule has 5 heteroatoms. The van der Waals surface area contributed by atoms with E-state index >= 15 is 0 Å². The van der Waals surface area contributed by atoms with Gasteiger partial charge in [-0.2, -0.15) is 17.6 Å². The van der Waals surface area contributed by atoms with Gasteiger partial charge in [0, 0.05) is 0 Å². The highest BCUT2D eigenvalue weighted by Gasteiger charge is 1.98. The lowest BCUT2D eigenvalue weighted by Crippen LogP contribution is -1.56. The van der Waals surface area contributed by atoms with Crippen LogP contribution >= 0.6 is 0 Å². The van der Waals surface area contributed by atoms with Gasteiger partial charge in [0.05, 0.1) is 0 Å². The smallest absolute Gasteiger partial charge is 0.269 e. The third-order valence-corrected chi connectivity index (χ3v) is 0.143. The van der Waals surface area contributed by atoms with Crippen molar-refractivity contribution in [2.24, 2.45) is 0 Å². The van der Waals surface area contributed by atoms with Crippen LogP contribution in [0, 0.1) is 0 Å². The van der Waals surface area contributed by atoms with Gasteiger partial charge in [0.1, 0.15) is 0 Å². The molecule has 0 radical (unpaired) electrons. The van der Waals surface area contributed by atoms with Crippen LogP contribution < -0.4 is 0 Å². The molecule has 0 atom stereocenters. The minimum atomic E-state index is -2.91. The highest BCUT2D eigenvalue weighted by atomic mass is 19.3. The van der Waals surface area contributed by atoms with Gasteiger partial charge in [-0.3, -0.25) is 4.70 Å². The number of halogens is 5. The summed E-state index contributed by atoms with van der Waals surface area (Å²) >= 11 is 0. The molecular formula is C3H5F5. The zero-order chi connectivity index (χ0) is 5.15. The van der Waals surface area contributed by atoms with E-state index in [1.165, 1.54) is 0 Å². The fraction of sp³-hybridized carbons (Fsp3) is 0.333. The number of hydrogen-bond donors (Lipinski definition) is 0. The van der Waals surface area contributed by atoms with Crippen LogP contribution in [-0.4, -0.2) is 0 Å².